The molecule has 1 fully saturated rings. The Morgan fingerprint density at radius 2 is 2.58 bits per heavy atom. The molecule has 4 nitrogen and oxygen atoms in total. The first kappa shape index (κ1) is 7.49. The van der Waals surface area contributed by atoms with Crippen molar-refractivity contribution in [2.24, 2.45) is 0 Å². The van der Waals surface area contributed by atoms with Crippen LogP contribution in [0.15, 0.2) is 17.2 Å². The van der Waals surface area contributed by atoms with Crippen LogP contribution in [-0.2, 0) is 4.74 Å². The summed E-state index contributed by atoms with van der Waals surface area (Å²) in [6.45, 7) is 0.777. The van der Waals surface area contributed by atoms with Gasteiger partial charge >= 0.3 is 0 Å². The molecule has 0 spiro atoms. The Kier molecular flexibility index (Phi) is 1.91. The van der Waals surface area contributed by atoms with E-state index in [2.05, 4.69) is 9.97 Å². The Hall–Kier alpha value is -1.16. The van der Waals surface area contributed by atoms with Crippen molar-refractivity contribution in [3.8, 4) is 0 Å². The Labute approximate surface area is 69.6 Å². The second-order valence-corrected chi connectivity index (χ2v) is 2.84. The first-order valence-electron chi connectivity index (χ1n) is 4.02. The maximum absolute atomic E-state index is 10.9. The van der Waals surface area contributed by atoms with Gasteiger partial charge in [0.05, 0.1) is 18.1 Å². The van der Waals surface area contributed by atoms with Crippen molar-refractivity contribution in [1.82, 2.24) is 9.97 Å². The summed E-state index contributed by atoms with van der Waals surface area (Å²) in [5, 5.41) is 0. The van der Waals surface area contributed by atoms with Gasteiger partial charge in [-0.25, -0.2) is 4.98 Å². The van der Waals surface area contributed by atoms with Gasteiger partial charge in [-0.1, -0.05) is 0 Å². The summed E-state index contributed by atoms with van der Waals surface area (Å²) in [6.07, 6.45) is 3.47. The van der Waals surface area contributed by atoms with Gasteiger partial charge in [0.2, 0.25) is 0 Å². The van der Waals surface area contributed by atoms with Crippen LogP contribution in [0.3, 0.4) is 0 Å². The first-order valence-corrected chi connectivity index (χ1v) is 4.02. The highest BCUT2D eigenvalue weighted by atomic mass is 16.5. The van der Waals surface area contributed by atoms with Crippen LogP contribution in [0.4, 0.5) is 0 Å². The van der Waals surface area contributed by atoms with E-state index in [1.165, 1.54) is 12.4 Å². The van der Waals surface area contributed by atoms with E-state index in [0.717, 1.165) is 25.1 Å². The number of hydrogen-bond acceptors (Lipinski definition) is 3. The fraction of sp³-hybridized carbons (Fsp3) is 0.500. The molecule has 1 saturated heterocycles. The van der Waals surface area contributed by atoms with Gasteiger partial charge in [-0.05, 0) is 12.8 Å². The predicted octanol–water partition coefficient (Wildman–Crippen LogP) is 0.621. The monoisotopic (exact) mass is 166 g/mol. The Bertz CT molecular complexity index is 315. The molecular formula is C8H10N2O2. The minimum Gasteiger partial charge on any atom is -0.372 e. The summed E-state index contributed by atoms with van der Waals surface area (Å²) in [5.74, 6) is 0. The Balaban J connectivity index is 2.27. The lowest BCUT2D eigenvalue weighted by atomic mass is 10.2. The third-order valence-electron chi connectivity index (χ3n) is 1.96. The topological polar surface area (TPSA) is 55.0 Å². The smallest absolute Gasteiger partial charge is 0.250 e. The minimum atomic E-state index is -0.115. The normalized spacial score (nSPS) is 22.8. The highest BCUT2D eigenvalue weighted by Gasteiger charge is 2.18. The average Bonchev–Trinajstić information content (AvgIpc) is 2.56. The Morgan fingerprint density at radius 1 is 1.67 bits per heavy atom. The second kappa shape index (κ2) is 3.06. The van der Waals surface area contributed by atoms with E-state index < -0.39 is 0 Å². The zero-order valence-electron chi connectivity index (χ0n) is 6.62. The van der Waals surface area contributed by atoms with E-state index in [1.807, 2.05) is 0 Å². The first-order chi connectivity index (χ1) is 5.86. The zero-order chi connectivity index (χ0) is 8.39. The number of ether oxygens (including phenoxy) is 1. The van der Waals surface area contributed by atoms with E-state index in [-0.39, 0.29) is 11.7 Å². The second-order valence-electron chi connectivity index (χ2n) is 2.84. The lowest BCUT2D eigenvalue weighted by Gasteiger charge is -2.06. The van der Waals surface area contributed by atoms with Crippen molar-refractivity contribution in [2.75, 3.05) is 6.61 Å². The molecule has 0 unspecified atom stereocenters. The van der Waals surface area contributed by atoms with Crippen LogP contribution in [0, 0.1) is 0 Å². The maximum Gasteiger partial charge on any atom is 0.250 e. The molecule has 2 rings (SSSR count). The number of aromatic amines is 1. The van der Waals surface area contributed by atoms with E-state index in [9.17, 15) is 4.79 Å². The van der Waals surface area contributed by atoms with Crippen LogP contribution < -0.4 is 5.56 Å². The SMILES string of the molecule is O=c1cc([C@H]2CCCO2)nc[nH]1. The van der Waals surface area contributed by atoms with E-state index in [4.69, 9.17) is 4.74 Å². The van der Waals surface area contributed by atoms with Crippen LogP contribution in [0.5, 0.6) is 0 Å². The minimum absolute atomic E-state index is 0.0345. The number of nitrogens with one attached hydrogen (secondary N) is 1. The van der Waals surface area contributed by atoms with Crippen LogP contribution >= 0.6 is 0 Å². The number of nitrogens with zero attached hydrogens (tertiary/aromatic N) is 1. The van der Waals surface area contributed by atoms with E-state index >= 15 is 0 Å². The molecule has 1 N–H and O–H groups in total. The summed E-state index contributed by atoms with van der Waals surface area (Å²) >= 11 is 0. The molecule has 64 valence electrons. The number of rotatable bonds is 1. The summed E-state index contributed by atoms with van der Waals surface area (Å²) in [5.41, 5.74) is 0.631. The molecular weight excluding hydrogens is 156 g/mol. The number of H-pyrrole nitrogens is 1. The fourth-order valence-electron chi connectivity index (χ4n) is 1.37. The molecule has 0 aromatic carbocycles. The highest BCUT2D eigenvalue weighted by molar-refractivity contribution is 5.03. The Morgan fingerprint density at radius 3 is 3.25 bits per heavy atom. The molecule has 2 heterocycles. The van der Waals surface area contributed by atoms with Gasteiger partial charge in [0.1, 0.15) is 0 Å². The van der Waals surface area contributed by atoms with Crippen molar-refractivity contribution in [1.29, 1.82) is 0 Å². The molecule has 1 atom stereocenters. The van der Waals surface area contributed by atoms with Gasteiger partial charge in [0.25, 0.3) is 5.56 Å². The maximum atomic E-state index is 10.9. The van der Waals surface area contributed by atoms with Gasteiger partial charge < -0.3 is 9.72 Å². The molecule has 4 heteroatoms. The molecule has 0 amide bonds. The molecule has 1 aromatic rings. The van der Waals surface area contributed by atoms with Crippen molar-refractivity contribution < 1.29 is 4.74 Å². The number of aromatic nitrogens is 2. The van der Waals surface area contributed by atoms with E-state index in [0.29, 0.717) is 0 Å². The molecule has 0 bridgehead atoms. The van der Waals surface area contributed by atoms with Crippen molar-refractivity contribution in [2.45, 2.75) is 18.9 Å². The zero-order valence-corrected chi connectivity index (χ0v) is 6.62. The van der Waals surface area contributed by atoms with Gasteiger partial charge in [0, 0.05) is 12.7 Å². The average molecular weight is 166 g/mol. The summed E-state index contributed by atoms with van der Waals surface area (Å²) in [7, 11) is 0. The molecule has 0 radical (unpaired) electrons. The highest BCUT2D eigenvalue weighted by Crippen LogP contribution is 2.25. The van der Waals surface area contributed by atoms with E-state index in [1.54, 1.807) is 0 Å². The summed E-state index contributed by atoms with van der Waals surface area (Å²) in [6, 6.07) is 1.50. The van der Waals surface area contributed by atoms with Crippen molar-refractivity contribution in [3.63, 3.8) is 0 Å². The molecule has 0 saturated carbocycles. The quantitative estimate of drug-likeness (QED) is 0.665. The third-order valence-corrected chi connectivity index (χ3v) is 1.96. The van der Waals surface area contributed by atoms with Gasteiger partial charge in [0.15, 0.2) is 0 Å². The van der Waals surface area contributed by atoms with Crippen molar-refractivity contribution in [3.05, 3.63) is 28.4 Å². The molecule has 12 heavy (non-hydrogen) atoms. The van der Waals surface area contributed by atoms with Gasteiger partial charge in [-0.15, -0.1) is 0 Å². The largest absolute Gasteiger partial charge is 0.372 e. The summed E-state index contributed by atoms with van der Waals surface area (Å²) < 4.78 is 5.38. The molecule has 1 aliphatic heterocycles. The van der Waals surface area contributed by atoms with Gasteiger partial charge in [-0.2, -0.15) is 0 Å². The van der Waals surface area contributed by atoms with Crippen molar-refractivity contribution >= 4 is 0 Å². The molecule has 0 aliphatic carbocycles. The summed E-state index contributed by atoms with van der Waals surface area (Å²) in [4.78, 5) is 17.4. The van der Waals surface area contributed by atoms with Crippen LogP contribution in [0.25, 0.3) is 0 Å². The van der Waals surface area contributed by atoms with Gasteiger partial charge in [-0.3, -0.25) is 4.79 Å². The third kappa shape index (κ3) is 1.38. The lowest BCUT2D eigenvalue weighted by Crippen LogP contribution is -2.09. The standard InChI is InChI=1S/C8H10N2O2/c11-8-4-6(9-5-10-8)7-2-1-3-12-7/h4-5,7H,1-3H2,(H,9,10,11)/t7-/m1/s1. The predicted molar refractivity (Wildman–Crippen MR) is 42.8 cm³/mol. The molecule has 1 aromatic heterocycles. The number of hydrogen-bond donors (Lipinski definition) is 1. The molecule has 1 aliphatic rings. The lowest BCUT2D eigenvalue weighted by molar-refractivity contribution is 0.108. The van der Waals surface area contributed by atoms with Crippen LogP contribution in [-0.4, -0.2) is 16.6 Å². The fourth-order valence-corrected chi connectivity index (χ4v) is 1.37. The van der Waals surface area contributed by atoms with Crippen LogP contribution in [0.2, 0.25) is 0 Å². The van der Waals surface area contributed by atoms with Crippen LogP contribution in [0.1, 0.15) is 24.6 Å².